The molecule has 86 valence electrons. The maximum Gasteiger partial charge on any atom is 0.0249 e. The van der Waals surface area contributed by atoms with Gasteiger partial charge in [-0.1, -0.05) is 54.7 Å². The molecule has 0 nitrogen and oxygen atoms in total. The molecule has 0 N–H and O–H groups in total. The molecule has 1 aromatic rings. The van der Waals surface area contributed by atoms with E-state index in [9.17, 15) is 0 Å². The predicted molar refractivity (Wildman–Crippen MR) is 74.5 cm³/mol. The van der Waals surface area contributed by atoms with Crippen LogP contribution >= 0.6 is 0 Å². The summed E-state index contributed by atoms with van der Waals surface area (Å²) < 4.78 is 0. The van der Waals surface area contributed by atoms with Gasteiger partial charge in [-0.05, 0) is 37.6 Å². The van der Waals surface area contributed by atoms with E-state index in [1.165, 1.54) is 18.4 Å². The predicted octanol–water partition coefficient (Wildman–Crippen LogP) is 4.10. The Kier molecular flexibility index (Phi) is 6.39. The molecule has 17 heavy (non-hydrogen) atoms. The molecule has 0 saturated heterocycles. The van der Waals surface area contributed by atoms with Crippen LogP contribution in [0.2, 0.25) is 0 Å². The lowest BCUT2D eigenvalue weighted by Crippen LogP contribution is -1.73. The van der Waals surface area contributed by atoms with Crippen LogP contribution in [-0.4, -0.2) is 0 Å². The molecule has 0 radical (unpaired) electrons. The van der Waals surface area contributed by atoms with Crippen LogP contribution in [0.3, 0.4) is 0 Å². The van der Waals surface area contributed by atoms with Gasteiger partial charge in [-0.25, -0.2) is 0 Å². The zero-order valence-corrected chi connectivity index (χ0v) is 10.6. The highest BCUT2D eigenvalue weighted by Crippen LogP contribution is 2.00. The van der Waals surface area contributed by atoms with Crippen molar-refractivity contribution in [1.82, 2.24) is 0 Å². The Morgan fingerprint density at radius 1 is 1.06 bits per heavy atom. The van der Waals surface area contributed by atoms with Crippen molar-refractivity contribution in [3.8, 4) is 23.7 Å². The van der Waals surface area contributed by atoms with Crippen molar-refractivity contribution in [2.45, 2.75) is 33.1 Å². The van der Waals surface area contributed by atoms with Crippen LogP contribution in [0.15, 0.2) is 36.4 Å². The smallest absolute Gasteiger partial charge is 0.0249 e. The van der Waals surface area contributed by atoms with E-state index in [1.54, 1.807) is 6.08 Å². The highest BCUT2D eigenvalue weighted by Gasteiger charge is 1.84. The molecular weight excluding hydrogens is 204 g/mol. The van der Waals surface area contributed by atoms with Gasteiger partial charge in [0.2, 0.25) is 0 Å². The maximum atomic E-state index is 3.09. The normalized spacial score (nSPS) is 9.29. The Morgan fingerprint density at radius 3 is 2.47 bits per heavy atom. The molecule has 0 bridgehead atoms. The zero-order chi connectivity index (χ0) is 12.3. The second kappa shape index (κ2) is 8.26. The zero-order valence-electron chi connectivity index (χ0n) is 10.6. The van der Waals surface area contributed by atoms with E-state index in [1.807, 2.05) is 18.2 Å². The SMILES string of the molecule is CCCCC#CC=CC#Cc1ccc(C)cc1. The van der Waals surface area contributed by atoms with E-state index in [0.717, 1.165) is 12.0 Å². The average molecular weight is 222 g/mol. The van der Waals surface area contributed by atoms with Crippen LogP contribution < -0.4 is 0 Å². The Balaban J connectivity index is 2.42. The van der Waals surface area contributed by atoms with Crippen molar-refractivity contribution in [3.05, 3.63) is 47.5 Å². The fraction of sp³-hybridized carbons (Fsp3) is 0.294. The van der Waals surface area contributed by atoms with E-state index in [4.69, 9.17) is 0 Å². The van der Waals surface area contributed by atoms with Gasteiger partial charge in [0.1, 0.15) is 0 Å². The second-order valence-electron chi connectivity index (χ2n) is 3.89. The van der Waals surface area contributed by atoms with Gasteiger partial charge in [-0.15, -0.1) is 0 Å². The van der Waals surface area contributed by atoms with E-state index < -0.39 is 0 Å². The quantitative estimate of drug-likeness (QED) is 0.522. The van der Waals surface area contributed by atoms with Crippen LogP contribution in [0.25, 0.3) is 0 Å². The molecule has 0 aromatic heterocycles. The van der Waals surface area contributed by atoms with E-state index >= 15 is 0 Å². The summed E-state index contributed by atoms with van der Waals surface area (Å²) in [7, 11) is 0. The highest BCUT2D eigenvalue weighted by molar-refractivity contribution is 5.39. The Hall–Kier alpha value is -1.92. The third-order valence-corrected chi connectivity index (χ3v) is 2.28. The molecule has 0 heteroatoms. The van der Waals surface area contributed by atoms with Crippen molar-refractivity contribution in [1.29, 1.82) is 0 Å². The van der Waals surface area contributed by atoms with Gasteiger partial charge in [0.25, 0.3) is 0 Å². The first kappa shape index (κ1) is 13.1. The molecule has 0 atom stereocenters. The second-order valence-corrected chi connectivity index (χ2v) is 3.89. The fourth-order valence-electron chi connectivity index (χ4n) is 1.24. The summed E-state index contributed by atoms with van der Waals surface area (Å²) in [6.07, 6.45) is 6.98. The third-order valence-electron chi connectivity index (χ3n) is 2.28. The number of allylic oxidation sites excluding steroid dienone is 2. The van der Waals surface area contributed by atoms with Crippen molar-refractivity contribution >= 4 is 0 Å². The third kappa shape index (κ3) is 6.29. The van der Waals surface area contributed by atoms with Crippen molar-refractivity contribution < 1.29 is 0 Å². The van der Waals surface area contributed by atoms with Gasteiger partial charge < -0.3 is 0 Å². The fourth-order valence-corrected chi connectivity index (χ4v) is 1.24. The van der Waals surface area contributed by atoms with Gasteiger partial charge in [-0.2, -0.15) is 0 Å². The summed E-state index contributed by atoms with van der Waals surface area (Å²) in [6, 6.07) is 8.20. The molecular formula is C17H18. The largest absolute Gasteiger partial charge is 0.0985 e. The highest BCUT2D eigenvalue weighted by atomic mass is 13.9. The van der Waals surface area contributed by atoms with Crippen LogP contribution in [0, 0.1) is 30.6 Å². The number of hydrogen-bond acceptors (Lipinski definition) is 0. The molecule has 0 unspecified atom stereocenters. The van der Waals surface area contributed by atoms with Crippen LogP contribution in [0.1, 0.15) is 37.3 Å². The number of hydrogen-bond donors (Lipinski definition) is 0. The van der Waals surface area contributed by atoms with Crippen LogP contribution in [0.4, 0.5) is 0 Å². The molecule has 0 spiro atoms. The molecule has 0 amide bonds. The molecule has 1 aromatic carbocycles. The van der Waals surface area contributed by atoms with Crippen molar-refractivity contribution in [2.24, 2.45) is 0 Å². The summed E-state index contributed by atoms with van der Waals surface area (Å²) in [5.74, 6) is 12.1. The minimum atomic E-state index is 0.978. The first-order valence-corrected chi connectivity index (χ1v) is 6.04. The molecule has 0 aliphatic carbocycles. The summed E-state index contributed by atoms with van der Waals surface area (Å²) >= 11 is 0. The first-order valence-electron chi connectivity index (χ1n) is 6.04. The van der Waals surface area contributed by atoms with Gasteiger partial charge in [0.05, 0.1) is 0 Å². The summed E-state index contributed by atoms with van der Waals surface area (Å²) in [6.45, 7) is 4.24. The number of aryl methyl sites for hydroxylation is 1. The number of benzene rings is 1. The Labute approximate surface area is 105 Å². The summed E-state index contributed by atoms with van der Waals surface area (Å²) in [5.41, 5.74) is 2.30. The lowest BCUT2D eigenvalue weighted by molar-refractivity contribution is 0.828. The van der Waals surface area contributed by atoms with E-state index in [-0.39, 0.29) is 0 Å². The lowest BCUT2D eigenvalue weighted by Gasteiger charge is -1.90. The van der Waals surface area contributed by atoms with Crippen molar-refractivity contribution in [2.75, 3.05) is 0 Å². The number of rotatable bonds is 2. The van der Waals surface area contributed by atoms with Gasteiger partial charge in [0.15, 0.2) is 0 Å². The summed E-state index contributed by atoms with van der Waals surface area (Å²) in [5, 5.41) is 0. The topological polar surface area (TPSA) is 0 Å². The average Bonchev–Trinajstić information content (AvgIpc) is 2.35. The van der Waals surface area contributed by atoms with Gasteiger partial charge in [-0.3, -0.25) is 0 Å². The summed E-state index contributed by atoms with van der Waals surface area (Å²) in [4.78, 5) is 0. The van der Waals surface area contributed by atoms with Gasteiger partial charge in [0, 0.05) is 12.0 Å². The van der Waals surface area contributed by atoms with Crippen molar-refractivity contribution in [3.63, 3.8) is 0 Å². The molecule has 0 saturated carbocycles. The molecule has 0 fully saturated rings. The Bertz CT molecular complexity index is 467. The minimum absolute atomic E-state index is 0.978. The minimum Gasteiger partial charge on any atom is -0.0985 e. The van der Waals surface area contributed by atoms with Gasteiger partial charge >= 0.3 is 0 Å². The Morgan fingerprint density at radius 2 is 1.76 bits per heavy atom. The monoisotopic (exact) mass is 222 g/mol. The lowest BCUT2D eigenvalue weighted by atomic mass is 10.1. The standard InChI is InChI=1S/C17H18/c1-3-4-5-6-7-8-9-10-11-17-14-12-16(2)13-15-17/h8-9,12-15H,3-5H2,1-2H3. The van der Waals surface area contributed by atoms with Crippen LogP contribution in [-0.2, 0) is 0 Å². The number of unbranched alkanes of at least 4 members (excludes halogenated alkanes) is 2. The molecule has 0 aliphatic heterocycles. The molecule has 0 aliphatic rings. The maximum absolute atomic E-state index is 3.09. The van der Waals surface area contributed by atoms with Crippen LogP contribution in [0.5, 0.6) is 0 Å². The molecule has 0 heterocycles. The van der Waals surface area contributed by atoms with E-state index in [0.29, 0.717) is 0 Å². The molecule has 1 rings (SSSR count). The first-order chi connectivity index (χ1) is 8.33. The van der Waals surface area contributed by atoms with E-state index in [2.05, 4.69) is 49.7 Å².